The first-order valence-corrected chi connectivity index (χ1v) is 6.84. The van der Waals surface area contributed by atoms with Crippen molar-refractivity contribution in [1.82, 2.24) is 0 Å². The molecule has 9 atom stereocenters. The van der Waals surface area contributed by atoms with E-state index in [1.165, 1.54) is 0 Å². The summed E-state index contributed by atoms with van der Waals surface area (Å²) >= 11 is 0. The summed E-state index contributed by atoms with van der Waals surface area (Å²) < 4.78 is 9.94. The van der Waals surface area contributed by atoms with Crippen molar-refractivity contribution in [3.63, 3.8) is 0 Å². The zero-order valence-electron chi connectivity index (χ0n) is 12.0. The fourth-order valence-electron chi connectivity index (χ4n) is 2.01. The first-order chi connectivity index (χ1) is 10.7. The van der Waals surface area contributed by atoms with Crippen LogP contribution in [0.15, 0.2) is 0 Å². The number of hydrogen-bond donors (Lipinski definition) is 8. The third kappa shape index (κ3) is 4.87. The van der Waals surface area contributed by atoms with Gasteiger partial charge >= 0.3 is 0 Å². The van der Waals surface area contributed by atoms with Crippen LogP contribution in [0.5, 0.6) is 0 Å². The summed E-state index contributed by atoms with van der Waals surface area (Å²) in [6, 6.07) is 0. The van der Waals surface area contributed by atoms with Crippen molar-refractivity contribution in [2.75, 3.05) is 13.2 Å². The van der Waals surface area contributed by atoms with Gasteiger partial charge in [-0.25, -0.2) is 0 Å². The number of aliphatic hydroxyl groups is 8. The van der Waals surface area contributed by atoms with Gasteiger partial charge < -0.3 is 55.1 Å². The predicted molar refractivity (Wildman–Crippen MR) is 69.8 cm³/mol. The van der Waals surface area contributed by atoms with Crippen LogP contribution in [0.2, 0.25) is 0 Å². The Kier molecular flexibility index (Phi) is 7.89. The first-order valence-electron chi connectivity index (χ1n) is 6.84. The van der Waals surface area contributed by atoms with Crippen LogP contribution in [0.3, 0.4) is 0 Å². The molecular weight excluding hydrogens is 320 g/mol. The highest BCUT2D eigenvalue weighted by Crippen LogP contribution is 2.22. The molecule has 1 rings (SSSR count). The molecule has 0 aromatic heterocycles. The van der Waals surface area contributed by atoms with Gasteiger partial charge in [0.1, 0.15) is 48.8 Å². The van der Waals surface area contributed by atoms with E-state index in [-0.39, 0.29) is 6.29 Å². The Balaban J connectivity index is 2.57. The lowest BCUT2D eigenvalue weighted by atomic mass is 9.99. The molecule has 0 bridgehead atoms. The van der Waals surface area contributed by atoms with Gasteiger partial charge in [-0.15, -0.1) is 0 Å². The van der Waals surface area contributed by atoms with E-state index in [0.29, 0.717) is 0 Å². The molecule has 0 aromatic carbocycles. The van der Waals surface area contributed by atoms with Crippen molar-refractivity contribution in [3.8, 4) is 0 Å². The molecule has 0 unspecified atom stereocenters. The van der Waals surface area contributed by atoms with Gasteiger partial charge in [0.05, 0.1) is 13.2 Å². The maximum Gasteiger partial charge on any atom is 0.186 e. The maximum absolute atomic E-state index is 10.3. The molecule has 0 aromatic rings. The number of aliphatic hydroxyl groups excluding tert-OH is 8. The lowest BCUT2D eigenvalue weighted by molar-refractivity contribution is -0.306. The minimum absolute atomic E-state index is 0.0287. The zero-order chi connectivity index (χ0) is 17.7. The van der Waals surface area contributed by atoms with Gasteiger partial charge in [0.2, 0.25) is 0 Å². The van der Waals surface area contributed by atoms with Gasteiger partial charge in [-0.2, -0.15) is 0 Å². The molecule has 0 amide bonds. The van der Waals surface area contributed by atoms with Gasteiger partial charge in [-0.05, 0) is 0 Å². The highest BCUT2D eigenvalue weighted by Gasteiger charge is 2.44. The van der Waals surface area contributed by atoms with E-state index in [4.69, 9.17) is 19.7 Å². The highest BCUT2D eigenvalue weighted by atomic mass is 16.7. The summed E-state index contributed by atoms with van der Waals surface area (Å²) in [7, 11) is 0. The summed E-state index contributed by atoms with van der Waals surface area (Å²) in [4.78, 5) is 10.3. The van der Waals surface area contributed by atoms with E-state index in [0.717, 1.165) is 0 Å². The van der Waals surface area contributed by atoms with Gasteiger partial charge in [0.15, 0.2) is 12.6 Å². The third-order valence-electron chi connectivity index (χ3n) is 3.51. The molecule has 8 N–H and O–H groups in total. The highest BCUT2D eigenvalue weighted by molar-refractivity contribution is 5.56. The summed E-state index contributed by atoms with van der Waals surface area (Å²) in [6.45, 7) is -1.37. The molecule has 1 saturated heterocycles. The molecule has 11 nitrogen and oxygen atoms in total. The quantitative estimate of drug-likeness (QED) is 0.196. The smallest absolute Gasteiger partial charge is 0.186 e. The monoisotopic (exact) mass is 342 g/mol. The second kappa shape index (κ2) is 8.94. The lowest BCUT2D eigenvalue weighted by Crippen LogP contribution is -2.59. The number of ether oxygens (including phenoxy) is 2. The number of carbonyl (C=O) groups is 1. The van der Waals surface area contributed by atoms with Crippen LogP contribution in [0.1, 0.15) is 0 Å². The Morgan fingerprint density at radius 1 is 1.00 bits per heavy atom. The van der Waals surface area contributed by atoms with E-state index >= 15 is 0 Å². The summed E-state index contributed by atoms with van der Waals surface area (Å²) in [5.41, 5.74) is 0. The molecule has 0 spiro atoms. The van der Waals surface area contributed by atoms with Gasteiger partial charge in [-0.3, -0.25) is 0 Å². The van der Waals surface area contributed by atoms with E-state index in [2.05, 4.69) is 0 Å². The molecule has 23 heavy (non-hydrogen) atoms. The van der Waals surface area contributed by atoms with Gasteiger partial charge in [0.25, 0.3) is 0 Å². The molecule has 1 heterocycles. The van der Waals surface area contributed by atoms with Gasteiger partial charge in [-0.1, -0.05) is 0 Å². The Labute approximate surface area is 130 Å². The SMILES string of the molecule is O=C[C@H](O)[C@@H](O)[C@H](O)[C@H](O)CO[C@H]1O[C@H](CO)[C@H](O)[C@H](O)[C@H]1O. The zero-order valence-corrected chi connectivity index (χ0v) is 12.0. The number of aldehydes is 1. The van der Waals surface area contributed by atoms with Crippen LogP contribution in [0.4, 0.5) is 0 Å². The molecular formula is C12H22O11. The molecule has 0 saturated carbocycles. The Morgan fingerprint density at radius 2 is 1.61 bits per heavy atom. The molecule has 1 aliphatic rings. The second-order valence-electron chi connectivity index (χ2n) is 5.21. The van der Waals surface area contributed by atoms with E-state index in [9.17, 15) is 35.4 Å². The minimum atomic E-state index is -1.96. The van der Waals surface area contributed by atoms with Crippen LogP contribution >= 0.6 is 0 Å². The molecule has 0 radical (unpaired) electrons. The van der Waals surface area contributed by atoms with Crippen molar-refractivity contribution in [2.24, 2.45) is 0 Å². The summed E-state index contributed by atoms with van der Waals surface area (Å²) in [5, 5.41) is 75.4. The Bertz CT molecular complexity index is 365. The van der Waals surface area contributed by atoms with Crippen molar-refractivity contribution < 1.29 is 55.1 Å². The summed E-state index contributed by atoms with van der Waals surface area (Å²) in [6.07, 6.45) is -15.3. The number of rotatable bonds is 8. The van der Waals surface area contributed by atoms with E-state index in [1.54, 1.807) is 0 Å². The molecule has 136 valence electrons. The van der Waals surface area contributed by atoms with Crippen LogP contribution in [-0.2, 0) is 14.3 Å². The van der Waals surface area contributed by atoms with Crippen LogP contribution < -0.4 is 0 Å². The van der Waals surface area contributed by atoms with Crippen molar-refractivity contribution in [2.45, 2.75) is 55.1 Å². The lowest BCUT2D eigenvalue weighted by Gasteiger charge is -2.40. The standard InChI is InChI=1S/C12H22O11/c13-1-4(15)7(17)8(18)5(16)3-22-12-11(21)10(20)9(19)6(2-14)23-12/h1,4-12,14-21H,2-3H2/t4-,5+,6+,7+,8+,9-,10-,11+,12-/m0/s1. The molecule has 0 aliphatic carbocycles. The predicted octanol–water partition coefficient (Wildman–Crippen LogP) is -5.55. The largest absolute Gasteiger partial charge is 0.394 e. The Morgan fingerprint density at radius 3 is 2.13 bits per heavy atom. The normalized spacial score (nSPS) is 37.0. The third-order valence-corrected chi connectivity index (χ3v) is 3.51. The second-order valence-corrected chi connectivity index (χ2v) is 5.21. The maximum atomic E-state index is 10.3. The molecule has 1 aliphatic heterocycles. The molecule has 11 heteroatoms. The van der Waals surface area contributed by atoms with Crippen molar-refractivity contribution in [1.29, 1.82) is 0 Å². The minimum Gasteiger partial charge on any atom is -0.394 e. The molecule has 1 fully saturated rings. The topological polar surface area (TPSA) is 197 Å². The average Bonchev–Trinajstić information content (AvgIpc) is 2.56. The van der Waals surface area contributed by atoms with Crippen LogP contribution in [0.25, 0.3) is 0 Å². The number of hydrogen-bond acceptors (Lipinski definition) is 11. The van der Waals surface area contributed by atoms with Gasteiger partial charge in [0, 0.05) is 0 Å². The van der Waals surface area contributed by atoms with E-state index in [1.807, 2.05) is 0 Å². The van der Waals surface area contributed by atoms with Crippen molar-refractivity contribution in [3.05, 3.63) is 0 Å². The van der Waals surface area contributed by atoms with E-state index < -0.39 is 68.3 Å². The van der Waals surface area contributed by atoms with Crippen molar-refractivity contribution >= 4 is 6.29 Å². The number of carbonyl (C=O) groups excluding carboxylic acids is 1. The Hall–Kier alpha value is -0.730. The first kappa shape index (κ1) is 20.3. The van der Waals surface area contributed by atoms with Crippen LogP contribution in [-0.4, -0.2) is 115 Å². The average molecular weight is 342 g/mol. The fourth-order valence-corrected chi connectivity index (χ4v) is 2.01. The summed E-state index contributed by atoms with van der Waals surface area (Å²) in [5.74, 6) is 0. The fraction of sp³-hybridized carbons (Fsp3) is 0.917. The van der Waals surface area contributed by atoms with Crippen LogP contribution in [0, 0.1) is 0 Å².